The van der Waals surface area contributed by atoms with Crippen LogP contribution in [-0.2, 0) is 6.54 Å². The molecule has 0 aliphatic carbocycles. The van der Waals surface area contributed by atoms with E-state index in [9.17, 15) is 0 Å². The number of imidazole rings is 1. The summed E-state index contributed by atoms with van der Waals surface area (Å²) < 4.78 is 7.52. The van der Waals surface area contributed by atoms with Crippen LogP contribution in [0.5, 0.6) is 0 Å². The van der Waals surface area contributed by atoms with E-state index < -0.39 is 0 Å². The van der Waals surface area contributed by atoms with E-state index in [1.165, 1.54) is 0 Å². The summed E-state index contributed by atoms with van der Waals surface area (Å²) in [5.41, 5.74) is 3.04. The number of nitriles is 1. The van der Waals surface area contributed by atoms with E-state index in [-0.39, 0.29) is 0 Å². The molecule has 0 unspecified atom stereocenters. The molecule has 0 bridgehead atoms. The minimum absolute atomic E-state index is 0.519. The molecule has 0 atom stereocenters. The molecule has 0 fully saturated rings. The summed E-state index contributed by atoms with van der Waals surface area (Å²) in [4.78, 5) is 3.07. The van der Waals surface area contributed by atoms with E-state index in [1.54, 1.807) is 6.07 Å². The summed E-state index contributed by atoms with van der Waals surface area (Å²) in [5.74, 6) is 0.763. The summed E-state index contributed by atoms with van der Waals surface area (Å²) in [5, 5.41) is 13.0. The highest BCUT2D eigenvalue weighted by Gasteiger charge is 2.10. The molecular formula is C13H10N4OS. The van der Waals surface area contributed by atoms with Gasteiger partial charge in [-0.25, -0.2) is 0 Å². The average molecular weight is 270 g/mol. The van der Waals surface area contributed by atoms with Gasteiger partial charge in [0.1, 0.15) is 17.5 Å². The highest BCUT2D eigenvalue weighted by atomic mass is 32.1. The molecule has 0 radical (unpaired) electrons. The quantitative estimate of drug-likeness (QED) is 0.727. The number of aryl methyl sites for hydroxylation is 1. The molecule has 1 aromatic carbocycles. The van der Waals surface area contributed by atoms with E-state index in [4.69, 9.17) is 22.0 Å². The Morgan fingerprint density at radius 2 is 2.37 bits per heavy atom. The molecule has 5 nitrogen and oxygen atoms in total. The lowest BCUT2D eigenvalue weighted by molar-refractivity contribution is 0.389. The van der Waals surface area contributed by atoms with Crippen molar-refractivity contribution in [3.8, 4) is 6.07 Å². The fourth-order valence-electron chi connectivity index (χ4n) is 2.08. The van der Waals surface area contributed by atoms with E-state index in [0.717, 1.165) is 22.5 Å². The molecule has 0 saturated carbocycles. The van der Waals surface area contributed by atoms with Crippen LogP contribution < -0.4 is 0 Å². The van der Waals surface area contributed by atoms with Crippen LogP contribution >= 0.6 is 12.2 Å². The van der Waals surface area contributed by atoms with Crippen LogP contribution in [0.4, 0.5) is 0 Å². The number of rotatable bonds is 2. The smallest absolute Gasteiger partial charge is 0.178 e. The van der Waals surface area contributed by atoms with Crippen molar-refractivity contribution in [3.63, 3.8) is 0 Å². The Labute approximate surface area is 114 Å². The van der Waals surface area contributed by atoms with Crippen LogP contribution in [-0.4, -0.2) is 14.7 Å². The predicted molar refractivity (Wildman–Crippen MR) is 72.2 cm³/mol. The number of hydrogen-bond acceptors (Lipinski definition) is 4. The number of nitrogens with one attached hydrogen (secondary N) is 1. The minimum Gasteiger partial charge on any atom is -0.361 e. The van der Waals surface area contributed by atoms with Crippen molar-refractivity contribution in [2.75, 3.05) is 0 Å². The fraction of sp³-hybridized carbons (Fsp3) is 0.154. The van der Waals surface area contributed by atoms with Crippen molar-refractivity contribution in [2.24, 2.45) is 0 Å². The van der Waals surface area contributed by atoms with Crippen LogP contribution in [0.15, 0.2) is 28.8 Å². The van der Waals surface area contributed by atoms with Crippen molar-refractivity contribution in [2.45, 2.75) is 13.5 Å². The molecule has 0 amide bonds. The lowest BCUT2D eigenvalue weighted by Gasteiger charge is -2.01. The minimum atomic E-state index is 0.519. The van der Waals surface area contributed by atoms with Crippen molar-refractivity contribution in [3.05, 3.63) is 46.1 Å². The molecular weight excluding hydrogens is 260 g/mol. The molecule has 19 heavy (non-hydrogen) atoms. The Hall–Kier alpha value is -2.39. The number of aromatic nitrogens is 3. The number of aromatic amines is 1. The molecule has 94 valence electrons. The number of fused-ring (bicyclic) bond motifs is 1. The first-order chi connectivity index (χ1) is 9.19. The standard InChI is InChI=1S/C13H10N4OS/c1-8-5-10(16-18-8)7-17-11-4-2-3-9(6-14)12(11)15-13(17)19/h2-5H,7H2,1H3,(H,15,19). The Morgan fingerprint density at radius 3 is 3.05 bits per heavy atom. The van der Waals surface area contributed by atoms with Gasteiger partial charge in [-0.05, 0) is 31.3 Å². The predicted octanol–water partition coefficient (Wildman–Crippen LogP) is 2.92. The number of nitrogens with zero attached hydrogens (tertiary/aromatic N) is 3. The van der Waals surface area contributed by atoms with Crippen LogP contribution in [0, 0.1) is 23.0 Å². The molecule has 0 aliphatic heterocycles. The molecule has 3 aromatic rings. The topological polar surface area (TPSA) is 70.5 Å². The van der Waals surface area contributed by atoms with Gasteiger partial charge in [-0.3, -0.25) is 0 Å². The molecule has 0 spiro atoms. The Bertz CT molecular complexity index is 850. The monoisotopic (exact) mass is 270 g/mol. The van der Waals surface area contributed by atoms with Gasteiger partial charge in [-0.2, -0.15) is 5.26 Å². The van der Waals surface area contributed by atoms with Crippen molar-refractivity contribution in [1.29, 1.82) is 5.26 Å². The van der Waals surface area contributed by atoms with Crippen LogP contribution in [0.3, 0.4) is 0 Å². The van der Waals surface area contributed by atoms with Gasteiger partial charge >= 0.3 is 0 Å². The maximum absolute atomic E-state index is 9.09. The van der Waals surface area contributed by atoms with Crippen molar-refractivity contribution >= 4 is 23.3 Å². The lowest BCUT2D eigenvalue weighted by Crippen LogP contribution is -1.99. The van der Waals surface area contributed by atoms with Crippen molar-refractivity contribution in [1.82, 2.24) is 14.7 Å². The second-order valence-electron chi connectivity index (χ2n) is 4.26. The Kier molecular flexibility index (Phi) is 2.69. The van der Waals surface area contributed by atoms with E-state index in [2.05, 4.69) is 16.2 Å². The van der Waals surface area contributed by atoms with Gasteiger partial charge in [0.15, 0.2) is 4.77 Å². The maximum Gasteiger partial charge on any atom is 0.178 e. The zero-order valence-electron chi connectivity index (χ0n) is 10.2. The second kappa shape index (κ2) is 4.37. The maximum atomic E-state index is 9.09. The fourth-order valence-corrected chi connectivity index (χ4v) is 2.35. The van der Waals surface area contributed by atoms with E-state index in [1.807, 2.05) is 29.7 Å². The van der Waals surface area contributed by atoms with Crippen molar-refractivity contribution < 1.29 is 4.52 Å². The van der Waals surface area contributed by atoms with Crippen LogP contribution in [0.1, 0.15) is 17.0 Å². The number of H-pyrrole nitrogens is 1. The van der Waals surface area contributed by atoms with Gasteiger partial charge in [0.2, 0.25) is 0 Å². The summed E-state index contributed by atoms with van der Waals surface area (Å²) in [6.45, 7) is 2.36. The number of benzene rings is 1. The SMILES string of the molecule is Cc1cc(Cn2c(=S)[nH]c3c(C#N)cccc32)no1. The average Bonchev–Trinajstić information content (AvgIpc) is 2.94. The van der Waals surface area contributed by atoms with Crippen LogP contribution in [0.25, 0.3) is 11.0 Å². The first-order valence-corrected chi connectivity index (χ1v) is 6.13. The number of para-hydroxylation sites is 1. The first-order valence-electron chi connectivity index (χ1n) is 5.73. The summed E-state index contributed by atoms with van der Waals surface area (Å²) in [6, 6.07) is 9.55. The normalized spacial score (nSPS) is 10.7. The summed E-state index contributed by atoms with van der Waals surface area (Å²) >= 11 is 5.31. The van der Waals surface area contributed by atoms with Gasteiger partial charge in [-0.1, -0.05) is 11.2 Å². The summed E-state index contributed by atoms with van der Waals surface area (Å²) in [7, 11) is 0. The lowest BCUT2D eigenvalue weighted by atomic mass is 10.2. The van der Waals surface area contributed by atoms with Gasteiger partial charge in [0.25, 0.3) is 0 Å². The van der Waals surface area contributed by atoms with Gasteiger partial charge in [0, 0.05) is 6.07 Å². The van der Waals surface area contributed by atoms with E-state index in [0.29, 0.717) is 16.9 Å². The van der Waals surface area contributed by atoms with Crippen LogP contribution in [0.2, 0.25) is 0 Å². The highest BCUT2D eigenvalue weighted by molar-refractivity contribution is 7.71. The molecule has 2 aromatic heterocycles. The van der Waals surface area contributed by atoms with Gasteiger partial charge < -0.3 is 14.1 Å². The molecule has 2 heterocycles. The third-order valence-electron chi connectivity index (χ3n) is 2.93. The Morgan fingerprint density at radius 1 is 1.53 bits per heavy atom. The molecule has 0 saturated heterocycles. The van der Waals surface area contributed by atoms with Gasteiger partial charge in [0.05, 0.1) is 23.1 Å². The zero-order chi connectivity index (χ0) is 13.4. The number of hydrogen-bond donors (Lipinski definition) is 1. The molecule has 3 rings (SSSR count). The second-order valence-corrected chi connectivity index (χ2v) is 4.64. The largest absolute Gasteiger partial charge is 0.361 e. The molecule has 0 aliphatic rings. The zero-order valence-corrected chi connectivity index (χ0v) is 11.0. The Balaban J connectivity index is 2.17. The highest BCUT2D eigenvalue weighted by Crippen LogP contribution is 2.19. The summed E-state index contributed by atoms with van der Waals surface area (Å²) in [6.07, 6.45) is 0. The first kappa shape index (κ1) is 11.7. The third kappa shape index (κ3) is 1.94. The molecule has 6 heteroatoms. The van der Waals surface area contributed by atoms with Gasteiger partial charge in [-0.15, -0.1) is 0 Å². The third-order valence-corrected chi connectivity index (χ3v) is 3.25. The van der Waals surface area contributed by atoms with E-state index >= 15 is 0 Å². The molecule has 1 N–H and O–H groups in total.